The van der Waals surface area contributed by atoms with Gasteiger partial charge in [0.15, 0.2) is 0 Å². The molecule has 0 radical (unpaired) electrons. The highest BCUT2D eigenvalue weighted by molar-refractivity contribution is 5.76. The van der Waals surface area contributed by atoms with E-state index in [0.717, 1.165) is 31.7 Å². The summed E-state index contributed by atoms with van der Waals surface area (Å²) in [5.41, 5.74) is 6.28. The summed E-state index contributed by atoms with van der Waals surface area (Å²) >= 11 is 0. The summed E-state index contributed by atoms with van der Waals surface area (Å²) in [6.07, 6.45) is 2.16. The van der Waals surface area contributed by atoms with Crippen LogP contribution in [-0.4, -0.2) is 42.2 Å². The molecule has 3 N–H and O–H groups in total. The molecule has 1 aliphatic rings. The maximum atomic E-state index is 12.0. The molecule has 1 heterocycles. The van der Waals surface area contributed by atoms with Crippen LogP contribution in [0.2, 0.25) is 0 Å². The topological polar surface area (TPSA) is 75.8 Å². The second-order valence-electron chi connectivity index (χ2n) is 5.17. The Morgan fingerprint density at radius 3 is 2.85 bits per heavy atom. The Hall–Kier alpha value is -1.75. The van der Waals surface area contributed by atoms with E-state index in [1.165, 1.54) is 0 Å². The van der Waals surface area contributed by atoms with E-state index in [9.17, 15) is 4.79 Å². The van der Waals surface area contributed by atoms with Gasteiger partial charge in [-0.2, -0.15) is 0 Å². The van der Waals surface area contributed by atoms with Crippen molar-refractivity contribution in [2.75, 3.05) is 32.0 Å². The molecule has 0 spiro atoms. The second kappa shape index (κ2) is 7.14. The Morgan fingerprint density at radius 1 is 1.40 bits per heavy atom. The first-order chi connectivity index (χ1) is 9.69. The maximum absolute atomic E-state index is 12.0. The lowest BCUT2D eigenvalue weighted by molar-refractivity contribution is -0.130. The van der Waals surface area contributed by atoms with Gasteiger partial charge in [-0.15, -0.1) is 0 Å². The number of nitrogen functional groups attached to an aromatic ring is 1. The number of benzene rings is 1. The second-order valence-corrected chi connectivity index (χ2v) is 5.17. The van der Waals surface area contributed by atoms with Crippen molar-refractivity contribution in [1.82, 2.24) is 4.90 Å². The monoisotopic (exact) mass is 278 g/mol. The van der Waals surface area contributed by atoms with E-state index in [0.29, 0.717) is 24.6 Å². The van der Waals surface area contributed by atoms with Gasteiger partial charge in [0.1, 0.15) is 5.75 Å². The molecule has 1 aromatic carbocycles. The zero-order valence-corrected chi connectivity index (χ0v) is 11.6. The molecule has 20 heavy (non-hydrogen) atoms. The molecule has 1 amide bonds. The molecule has 0 aliphatic carbocycles. The quantitative estimate of drug-likeness (QED) is 0.768. The number of nitrogens with zero attached hydrogens (tertiary/aromatic N) is 1. The number of ether oxygens (including phenoxy) is 1. The van der Waals surface area contributed by atoms with E-state index in [2.05, 4.69) is 0 Å². The number of aliphatic hydroxyl groups is 1. The van der Waals surface area contributed by atoms with Crippen LogP contribution in [0.1, 0.15) is 19.3 Å². The highest BCUT2D eigenvalue weighted by atomic mass is 16.5. The van der Waals surface area contributed by atoms with Crippen molar-refractivity contribution >= 4 is 11.6 Å². The van der Waals surface area contributed by atoms with Gasteiger partial charge in [0, 0.05) is 25.4 Å². The molecule has 1 unspecified atom stereocenters. The van der Waals surface area contributed by atoms with Crippen molar-refractivity contribution in [3.05, 3.63) is 24.3 Å². The van der Waals surface area contributed by atoms with Crippen molar-refractivity contribution in [1.29, 1.82) is 0 Å². The molecular formula is C15H22N2O3. The molecule has 1 saturated heterocycles. The van der Waals surface area contributed by atoms with E-state index < -0.39 is 0 Å². The molecule has 1 atom stereocenters. The van der Waals surface area contributed by atoms with Crippen LogP contribution in [0.25, 0.3) is 0 Å². The largest absolute Gasteiger partial charge is 0.493 e. The van der Waals surface area contributed by atoms with Gasteiger partial charge in [-0.05, 0) is 43.0 Å². The first-order valence-corrected chi connectivity index (χ1v) is 7.06. The van der Waals surface area contributed by atoms with E-state index in [-0.39, 0.29) is 12.5 Å². The van der Waals surface area contributed by atoms with Crippen LogP contribution < -0.4 is 10.5 Å². The van der Waals surface area contributed by atoms with Gasteiger partial charge < -0.3 is 20.5 Å². The number of nitrogens with two attached hydrogens (primary N) is 1. The van der Waals surface area contributed by atoms with Gasteiger partial charge in [0.25, 0.3) is 0 Å². The number of rotatable bonds is 6. The first-order valence-electron chi connectivity index (χ1n) is 7.06. The molecule has 0 aromatic heterocycles. The fraction of sp³-hybridized carbons (Fsp3) is 0.533. The SMILES string of the molecule is Nc1ccc(OCCC(=O)N2CCC(CCO)C2)cc1. The van der Waals surface area contributed by atoms with E-state index in [1.54, 1.807) is 24.3 Å². The summed E-state index contributed by atoms with van der Waals surface area (Å²) in [5.74, 6) is 1.30. The summed E-state index contributed by atoms with van der Waals surface area (Å²) in [7, 11) is 0. The average Bonchev–Trinajstić information content (AvgIpc) is 2.90. The van der Waals surface area contributed by atoms with Crippen LogP contribution in [0.3, 0.4) is 0 Å². The van der Waals surface area contributed by atoms with Gasteiger partial charge in [-0.25, -0.2) is 0 Å². The highest BCUT2D eigenvalue weighted by Crippen LogP contribution is 2.20. The van der Waals surface area contributed by atoms with Gasteiger partial charge >= 0.3 is 0 Å². The summed E-state index contributed by atoms with van der Waals surface area (Å²) in [6.45, 7) is 2.14. The van der Waals surface area contributed by atoms with E-state index in [1.807, 2.05) is 4.90 Å². The van der Waals surface area contributed by atoms with E-state index >= 15 is 0 Å². The number of aliphatic hydroxyl groups excluding tert-OH is 1. The minimum atomic E-state index is 0.126. The Bertz CT molecular complexity index is 433. The van der Waals surface area contributed by atoms with Crippen LogP contribution in [0.4, 0.5) is 5.69 Å². The molecule has 2 rings (SSSR count). The third-order valence-corrected chi connectivity index (χ3v) is 3.64. The molecular weight excluding hydrogens is 256 g/mol. The van der Waals surface area contributed by atoms with Crippen molar-refractivity contribution in [3.8, 4) is 5.75 Å². The zero-order valence-electron chi connectivity index (χ0n) is 11.6. The van der Waals surface area contributed by atoms with Crippen LogP contribution in [0.15, 0.2) is 24.3 Å². The summed E-state index contributed by atoms with van der Waals surface area (Å²) in [6, 6.07) is 7.15. The summed E-state index contributed by atoms with van der Waals surface area (Å²) in [5, 5.41) is 8.91. The standard InChI is InChI=1S/C15H22N2O3/c16-13-1-3-14(4-2-13)20-10-7-15(19)17-8-5-12(11-17)6-9-18/h1-4,12,18H,5-11,16H2. The number of carbonyl (C=O) groups is 1. The van der Waals surface area contributed by atoms with Crippen molar-refractivity contribution < 1.29 is 14.6 Å². The van der Waals surface area contributed by atoms with Crippen molar-refractivity contribution in [3.63, 3.8) is 0 Å². The number of likely N-dealkylation sites (tertiary alicyclic amines) is 1. The molecule has 1 aliphatic heterocycles. The summed E-state index contributed by atoms with van der Waals surface area (Å²) < 4.78 is 5.52. The fourth-order valence-electron chi connectivity index (χ4n) is 2.46. The zero-order chi connectivity index (χ0) is 14.4. The molecule has 110 valence electrons. The Balaban J connectivity index is 1.69. The predicted octanol–water partition coefficient (Wildman–Crippen LogP) is 1.27. The third-order valence-electron chi connectivity index (χ3n) is 3.64. The van der Waals surface area contributed by atoms with Gasteiger partial charge in [-0.1, -0.05) is 0 Å². The van der Waals surface area contributed by atoms with Crippen LogP contribution in [-0.2, 0) is 4.79 Å². The number of amides is 1. The van der Waals surface area contributed by atoms with Crippen LogP contribution in [0.5, 0.6) is 5.75 Å². The lowest BCUT2D eigenvalue weighted by Crippen LogP contribution is -2.29. The Morgan fingerprint density at radius 2 is 2.15 bits per heavy atom. The molecule has 0 saturated carbocycles. The number of anilines is 1. The van der Waals surface area contributed by atoms with Crippen molar-refractivity contribution in [2.24, 2.45) is 5.92 Å². The molecule has 1 fully saturated rings. The summed E-state index contributed by atoms with van der Waals surface area (Å²) in [4.78, 5) is 13.9. The minimum absolute atomic E-state index is 0.126. The minimum Gasteiger partial charge on any atom is -0.493 e. The van der Waals surface area contributed by atoms with E-state index in [4.69, 9.17) is 15.6 Å². The Kier molecular flexibility index (Phi) is 5.24. The third kappa shape index (κ3) is 4.13. The van der Waals surface area contributed by atoms with Gasteiger partial charge in [0.2, 0.25) is 5.91 Å². The number of hydrogen-bond acceptors (Lipinski definition) is 4. The Labute approximate surface area is 119 Å². The van der Waals surface area contributed by atoms with Gasteiger partial charge in [-0.3, -0.25) is 4.79 Å². The normalized spacial score (nSPS) is 18.2. The lowest BCUT2D eigenvalue weighted by Gasteiger charge is -2.16. The highest BCUT2D eigenvalue weighted by Gasteiger charge is 2.25. The molecule has 0 bridgehead atoms. The van der Waals surface area contributed by atoms with Crippen LogP contribution >= 0.6 is 0 Å². The predicted molar refractivity (Wildman–Crippen MR) is 77.4 cm³/mol. The molecule has 5 heteroatoms. The molecule has 5 nitrogen and oxygen atoms in total. The number of carbonyl (C=O) groups excluding carboxylic acids is 1. The maximum Gasteiger partial charge on any atom is 0.226 e. The average molecular weight is 278 g/mol. The number of hydrogen-bond donors (Lipinski definition) is 2. The van der Waals surface area contributed by atoms with Gasteiger partial charge in [0.05, 0.1) is 13.0 Å². The first kappa shape index (κ1) is 14.7. The van der Waals surface area contributed by atoms with Crippen molar-refractivity contribution in [2.45, 2.75) is 19.3 Å². The molecule has 1 aromatic rings. The lowest BCUT2D eigenvalue weighted by atomic mass is 10.1. The van der Waals surface area contributed by atoms with Crippen LogP contribution in [0, 0.1) is 5.92 Å². The fourth-order valence-corrected chi connectivity index (χ4v) is 2.46. The smallest absolute Gasteiger partial charge is 0.226 e.